The van der Waals surface area contributed by atoms with Gasteiger partial charge in [-0.15, -0.1) is 0 Å². The summed E-state index contributed by atoms with van der Waals surface area (Å²) < 4.78 is 46.5. The van der Waals surface area contributed by atoms with Gasteiger partial charge in [0.25, 0.3) is 0 Å². The van der Waals surface area contributed by atoms with Crippen LogP contribution in [0.5, 0.6) is 0 Å². The van der Waals surface area contributed by atoms with E-state index >= 15 is 0 Å². The first-order chi connectivity index (χ1) is 13.3. The van der Waals surface area contributed by atoms with Crippen LogP contribution < -0.4 is 0 Å². The molecule has 0 saturated carbocycles. The number of amides is 1. The fourth-order valence-corrected chi connectivity index (χ4v) is 6.02. The van der Waals surface area contributed by atoms with Crippen molar-refractivity contribution in [3.8, 4) is 0 Å². The Kier molecular flexibility index (Phi) is 4.75. The second kappa shape index (κ2) is 6.97. The number of hydrogen-bond donors (Lipinski definition) is 0. The molecule has 3 heterocycles. The van der Waals surface area contributed by atoms with Crippen LogP contribution in [0.2, 0.25) is 0 Å². The topological polar surface area (TPSA) is 83.7 Å². The minimum Gasteiger partial charge on any atom is -0.360 e. The summed E-state index contributed by atoms with van der Waals surface area (Å²) in [5.74, 6) is -0.220. The SMILES string of the molecule is Cc1noc(C)c1S(=O)(=O)N1C[C@@H](F)C[C@H]1C(=O)N1CCc2ccccc2C1. The number of sulfonamides is 1. The van der Waals surface area contributed by atoms with E-state index in [1.54, 1.807) is 4.90 Å². The van der Waals surface area contributed by atoms with E-state index in [1.165, 1.54) is 19.4 Å². The summed E-state index contributed by atoms with van der Waals surface area (Å²) in [6.45, 7) is 3.57. The smallest absolute Gasteiger partial charge is 0.249 e. The molecule has 2 aliphatic heterocycles. The van der Waals surface area contributed by atoms with Crippen LogP contribution in [0.15, 0.2) is 33.7 Å². The molecular weight excluding hydrogens is 385 g/mol. The number of hydrogen-bond acceptors (Lipinski definition) is 5. The third-order valence-electron chi connectivity index (χ3n) is 5.47. The molecule has 2 aromatic rings. The van der Waals surface area contributed by atoms with E-state index in [2.05, 4.69) is 5.16 Å². The predicted molar refractivity (Wildman–Crippen MR) is 98.7 cm³/mol. The van der Waals surface area contributed by atoms with Crippen molar-refractivity contribution in [2.75, 3.05) is 13.1 Å². The maximum Gasteiger partial charge on any atom is 0.249 e. The normalized spacial score (nSPS) is 23.0. The van der Waals surface area contributed by atoms with E-state index in [-0.39, 0.29) is 35.2 Å². The Bertz CT molecular complexity index is 1000. The third kappa shape index (κ3) is 3.12. The number of rotatable bonds is 3. The first-order valence-electron chi connectivity index (χ1n) is 9.23. The summed E-state index contributed by atoms with van der Waals surface area (Å²) in [4.78, 5) is 14.7. The molecule has 0 unspecified atom stereocenters. The second-order valence-electron chi connectivity index (χ2n) is 7.36. The maximum atomic E-state index is 14.2. The summed E-state index contributed by atoms with van der Waals surface area (Å²) in [6.07, 6.45) is -0.828. The van der Waals surface area contributed by atoms with Crippen LogP contribution in [-0.2, 0) is 27.8 Å². The fourth-order valence-electron chi connectivity index (χ4n) is 4.10. The van der Waals surface area contributed by atoms with Crippen molar-refractivity contribution < 1.29 is 22.1 Å². The molecule has 0 bridgehead atoms. The van der Waals surface area contributed by atoms with Crippen molar-refractivity contribution in [2.45, 2.75) is 50.3 Å². The Morgan fingerprint density at radius 1 is 1.25 bits per heavy atom. The molecule has 4 rings (SSSR count). The van der Waals surface area contributed by atoms with Gasteiger partial charge in [0, 0.05) is 26.1 Å². The molecule has 1 saturated heterocycles. The highest BCUT2D eigenvalue weighted by Gasteiger charge is 2.47. The number of aromatic nitrogens is 1. The number of nitrogens with zero attached hydrogens (tertiary/aromatic N) is 3. The molecule has 1 aromatic heterocycles. The van der Waals surface area contributed by atoms with Gasteiger partial charge in [0.1, 0.15) is 22.8 Å². The highest BCUT2D eigenvalue weighted by molar-refractivity contribution is 7.89. The summed E-state index contributed by atoms with van der Waals surface area (Å²) in [5, 5.41) is 3.69. The zero-order valence-electron chi connectivity index (χ0n) is 15.8. The van der Waals surface area contributed by atoms with Crippen LogP contribution in [0.3, 0.4) is 0 Å². The van der Waals surface area contributed by atoms with Crippen molar-refractivity contribution in [3.63, 3.8) is 0 Å². The molecule has 0 spiro atoms. The minimum atomic E-state index is -4.09. The quantitative estimate of drug-likeness (QED) is 0.777. The van der Waals surface area contributed by atoms with Crippen LogP contribution in [0.25, 0.3) is 0 Å². The van der Waals surface area contributed by atoms with Crippen LogP contribution >= 0.6 is 0 Å². The lowest BCUT2D eigenvalue weighted by atomic mass is 9.99. The highest BCUT2D eigenvalue weighted by atomic mass is 32.2. The Labute approximate surface area is 163 Å². The fraction of sp³-hybridized carbons (Fsp3) is 0.474. The number of fused-ring (bicyclic) bond motifs is 1. The molecule has 2 aliphatic rings. The van der Waals surface area contributed by atoms with Crippen molar-refractivity contribution in [1.82, 2.24) is 14.4 Å². The molecular formula is C19H22FN3O4S. The van der Waals surface area contributed by atoms with Gasteiger partial charge in [-0.05, 0) is 31.4 Å². The van der Waals surface area contributed by atoms with Crippen LogP contribution in [0, 0.1) is 13.8 Å². The van der Waals surface area contributed by atoms with Crippen LogP contribution in [0.4, 0.5) is 4.39 Å². The summed E-state index contributed by atoms with van der Waals surface area (Å²) >= 11 is 0. The first-order valence-corrected chi connectivity index (χ1v) is 10.7. The lowest BCUT2D eigenvalue weighted by molar-refractivity contribution is -0.135. The van der Waals surface area contributed by atoms with Gasteiger partial charge in [0.05, 0.1) is 0 Å². The zero-order chi connectivity index (χ0) is 20.1. The number of benzene rings is 1. The minimum absolute atomic E-state index is 0.0802. The van der Waals surface area contributed by atoms with Gasteiger partial charge < -0.3 is 9.42 Å². The van der Waals surface area contributed by atoms with E-state index in [4.69, 9.17) is 4.52 Å². The second-order valence-corrected chi connectivity index (χ2v) is 9.18. The molecule has 2 atom stereocenters. The van der Waals surface area contributed by atoms with E-state index in [9.17, 15) is 17.6 Å². The first kappa shape index (κ1) is 19.1. The van der Waals surface area contributed by atoms with Gasteiger partial charge in [-0.2, -0.15) is 4.31 Å². The van der Waals surface area contributed by atoms with Gasteiger partial charge in [0.15, 0.2) is 5.76 Å². The average molecular weight is 407 g/mol. The standard InChI is InChI=1S/C19H22FN3O4S/c1-12-18(13(2)27-21-12)28(25,26)23-11-16(20)9-17(23)19(24)22-8-7-14-5-3-4-6-15(14)10-22/h3-6,16-17H,7-11H2,1-2H3/t16-,17-/m0/s1. The number of alkyl halides is 1. The molecule has 1 amide bonds. The van der Waals surface area contributed by atoms with Gasteiger partial charge >= 0.3 is 0 Å². The van der Waals surface area contributed by atoms with Crippen LogP contribution in [0.1, 0.15) is 29.0 Å². The Morgan fingerprint density at radius 2 is 1.96 bits per heavy atom. The summed E-state index contributed by atoms with van der Waals surface area (Å²) in [5.41, 5.74) is 2.43. The lowest BCUT2D eigenvalue weighted by Crippen LogP contribution is -2.49. The van der Waals surface area contributed by atoms with Gasteiger partial charge in [-0.1, -0.05) is 29.4 Å². The number of halogens is 1. The van der Waals surface area contributed by atoms with Crippen molar-refractivity contribution >= 4 is 15.9 Å². The monoisotopic (exact) mass is 407 g/mol. The molecule has 0 aliphatic carbocycles. The molecule has 1 aromatic carbocycles. The Morgan fingerprint density at radius 3 is 2.64 bits per heavy atom. The highest BCUT2D eigenvalue weighted by Crippen LogP contribution is 2.32. The summed E-state index contributed by atoms with van der Waals surface area (Å²) in [6, 6.07) is 6.80. The number of aryl methyl sites for hydroxylation is 2. The predicted octanol–water partition coefficient (Wildman–Crippen LogP) is 1.98. The van der Waals surface area contributed by atoms with Gasteiger partial charge in [-0.3, -0.25) is 4.79 Å². The Balaban J connectivity index is 1.63. The average Bonchev–Trinajstić information content (AvgIpc) is 3.23. The molecule has 0 N–H and O–H groups in total. The van der Waals surface area contributed by atoms with E-state index in [0.717, 1.165) is 9.87 Å². The van der Waals surface area contributed by atoms with E-state index in [1.807, 2.05) is 24.3 Å². The largest absolute Gasteiger partial charge is 0.360 e. The molecule has 9 heteroatoms. The van der Waals surface area contributed by atoms with Crippen molar-refractivity contribution in [1.29, 1.82) is 0 Å². The number of carbonyl (C=O) groups excluding carboxylic acids is 1. The zero-order valence-corrected chi connectivity index (χ0v) is 16.6. The molecule has 28 heavy (non-hydrogen) atoms. The maximum absolute atomic E-state index is 14.2. The van der Waals surface area contributed by atoms with E-state index in [0.29, 0.717) is 19.5 Å². The lowest BCUT2D eigenvalue weighted by Gasteiger charge is -2.33. The number of carbonyl (C=O) groups is 1. The Hall–Kier alpha value is -2.26. The van der Waals surface area contributed by atoms with Crippen molar-refractivity contribution in [3.05, 3.63) is 46.8 Å². The third-order valence-corrected chi connectivity index (χ3v) is 7.59. The molecule has 1 fully saturated rings. The molecule has 0 radical (unpaired) electrons. The van der Waals surface area contributed by atoms with Crippen molar-refractivity contribution in [2.24, 2.45) is 0 Å². The molecule has 7 nitrogen and oxygen atoms in total. The van der Waals surface area contributed by atoms with Gasteiger partial charge in [0.2, 0.25) is 15.9 Å². The van der Waals surface area contributed by atoms with E-state index < -0.39 is 22.2 Å². The van der Waals surface area contributed by atoms with Gasteiger partial charge in [-0.25, -0.2) is 12.8 Å². The van der Waals surface area contributed by atoms with Crippen LogP contribution in [-0.4, -0.2) is 54.0 Å². The molecule has 150 valence electrons. The summed E-state index contributed by atoms with van der Waals surface area (Å²) in [7, 11) is -4.09.